The van der Waals surface area contributed by atoms with Gasteiger partial charge in [-0.25, -0.2) is 8.42 Å². The monoisotopic (exact) mass is 432 g/mol. The van der Waals surface area contributed by atoms with Crippen molar-refractivity contribution in [1.29, 1.82) is 0 Å². The Hall–Kier alpha value is -1.51. The molecule has 148 valence electrons. The topological polar surface area (TPSA) is 87.7 Å². The number of aliphatic hydroxyl groups is 1. The highest BCUT2D eigenvalue weighted by molar-refractivity contribution is 7.92. The molecule has 0 aromatic heterocycles. The second-order valence-electron chi connectivity index (χ2n) is 6.04. The molecule has 6 nitrogen and oxygen atoms in total. The first-order valence-corrected chi connectivity index (χ1v) is 10.9. The summed E-state index contributed by atoms with van der Waals surface area (Å²) in [7, 11) is -3.41. The van der Waals surface area contributed by atoms with E-state index >= 15 is 0 Å². The Morgan fingerprint density at radius 3 is 2.59 bits per heavy atom. The molecule has 0 heterocycles. The van der Waals surface area contributed by atoms with E-state index in [0.717, 1.165) is 18.2 Å². The third-order valence-electron chi connectivity index (χ3n) is 3.57. The lowest BCUT2D eigenvalue weighted by molar-refractivity contribution is 0.107. The molecule has 3 N–H and O–H groups in total. The van der Waals surface area contributed by atoms with Gasteiger partial charge in [0.15, 0.2) is 0 Å². The maximum atomic E-state index is 11.4. The Morgan fingerprint density at radius 1 is 1.15 bits per heavy atom. The largest absolute Gasteiger partial charge is 0.489 e. The van der Waals surface area contributed by atoms with Crippen LogP contribution >= 0.6 is 23.2 Å². The number of benzene rings is 2. The molecule has 0 saturated carbocycles. The van der Waals surface area contributed by atoms with Crippen molar-refractivity contribution in [3.05, 3.63) is 58.1 Å². The Balaban J connectivity index is 1.75. The van der Waals surface area contributed by atoms with E-state index in [9.17, 15) is 13.5 Å². The van der Waals surface area contributed by atoms with Crippen LogP contribution in [0.4, 0.5) is 5.69 Å². The highest BCUT2D eigenvalue weighted by Gasteiger charge is 2.10. The van der Waals surface area contributed by atoms with Gasteiger partial charge in [0.1, 0.15) is 18.5 Å². The van der Waals surface area contributed by atoms with Crippen molar-refractivity contribution in [2.75, 3.05) is 30.7 Å². The zero-order chi connectivity index (χ0) is 19.9. The minimum Gasteiger partial charge on any atom is -0.489 e. The standard InChI is InChI=1S/C18H22Cl2N2O4S/c1-27(24,25)22-17-4-2-3-5-18(17)26-12-14(23)11-21-9-8-13-6-7-15(19)16(20)10-13/h2-7,10,14,21-23H,8-9,11-12H2,1H3. The van der Waals surface area contributed by atoms with Gasteiger partial charge in [0.05, 0.1) is 22.0 Å². The highest BCUT2D eigenvalue weighted by atomic mass is 35.5. The molecular weight excluding hydrogens is 411 g/mol. The normalized spacial score (nSPS) is 12.6. The van der Waals surface area contributed by atoms with Gasteiger partial charge in [-0.3, -0.25) is 4.72 Å². The number of hydrogen-bond donors (Lipinski definition) is 3. The van der Waals surface area contributed by atoms with Gasteiger partial charge >= 0.3 is 0 Å². The zero-order valence-electron chi connectivity index (χ0n) is 14.8. The SMILES string of the molecule is CS(=O)(=O)Nc1ccccc1OCC(O)CNCCc1ccc(Cl)c(Cl)c1. The van der Waals surface area contributed by atoms with E-state index in [4.69, 9.17) is 27.9 Å². The van der Waals surface area contributed by atoms with Gasteiger partial charge < -0.3 is 15.2 Å². The fraction of sp³-hybridized carbons (Fsp3) is 0.333. The van der Waals surface area contributed by atoms with Gasteiger partial charge in [-0.2, -0.15) is 0 Å². The molecule has 0 aliphatic carbocycles. The second-order valence-corrected chi connectivity index (χ2v) is 8.60. The maximum absolute atomic E-state index is 11.4. The minimum absolute atomic E-state index is 0.0300. The predicted octanol–water partition coefficient (Wildman–Crippen LogP) is 2.94. The first-order chi connectivity index (χ1) is 12.7. The lowest BCUT2D eigenvalue weighted by Gasteiger charge is -2.16. The summed E-state index contributed by atoms with van der Waals surface area (Å²) in [5, 5.41) is 14.2. The van der Waals surface area contributed by atoms with Crippen molar-refractivity contribution in [3.8, 4) is 5.75 Å². The Labute approximate surface area is 169 Å². The van der Waals surface area contributed by atoms with E-state index < -0.39 is 16.1 Å². The number of aliphatic hydroxyl groups excluding tert-OH is 1. The molecule has 0 aliphatic heterocycles. The Kier molecular flexibility index (Phi) is 8.19. The molecule has 1 atom stereocenters. The lowest BCUT2D eigenvalue weighted by Crippen LogP contribution is -2.32. The van der Waals surface area contributed by atoms with E-state index in [1.54, 1.807) is 30.3 Å². The molecule has 2 aromatic carbocycles. The molecule has 1 unspecified atom stereocenters. The number of rotatable bonds is 10. The van der Waals surface area contributed by atoms with Crippen molar-refractivity contribution < 1.29 is 18.3 Å². The van der Waals surface area contributed by atoms with Crippen molar-refractivity contribution in [2.45, 2.75) is 12.5 Å². The summed E-state index contributed by atoms with van der Waals surface area (Å²) in [4.78, 5) is 0. The molecule has 9 heteroatoms. The van der Waals surface area contributed by atoms with Gasteiger partial charge in [0.25, 0.3) is 0 Å². The molecule has 0 amide bonds. The number of para-hydroxylation sites is 2. The van der Waals surface area contributed by atoms with E-state index in [0.29, 0.717) is 34.6 Å². The van der Waals surface area contributed by atoms with Crippen LogP contribution in [0.5, 0.6) is 5.75 Å². The van der Waals surface area contributed by atoms with Crippen molar-refractivity contribution in [2.24, 2.45) is 0 Å². The average molecular weight is 433 g/mol. The van der Waals surface area contributed by atoms with Crippen LogP contribution in [0.25, 0.3) is 0 Å². The van der Waals surface area contributed by atoms with Crippen molar-refractivity contribution in [1.82, 2.24) is 5.32 Å². The molecule has 0 saturated heterocycles. The van der Waals surface area contributed by atoms with Gasteiger partial charge in [-0.15, -0.1) is 0 Å². The Morgan fingerprint density at radius 2 is 1.89 bits per heavy atom. The molecule has 0 radical (unpaired) electrons. The summed E-state index contributed by atoms with van der Waals surface area (Å²) < 4.78 is 30.7. The first kappa shape index (κ1) is 21.8. The van der Waals surface area contributed by atoms with Gasteiger partial charge in [0.2, 0.25) is 10.0 Å². The zero-order valence-corrected chi connectivity index (χ0v) is 17.1. The molecule has 0 fully saturated rings. The third-order valence-corrected chi connectivity index (χ3v) is 4.90. The van der Waals surface area contributed by atoms with E-state index in [1.807, 2.05) is 12.1 Å². The van der Waals surface area contributed by atoms with Gasteiger partial charge in [-0.1, -0.05) is 41.4 Å². The molecule has 0 spiro atoms. The Bertz CT molecular complexity index is 862. The summed E-state index contributed by atoms with van der Waals surface area (Å²) in [6.45, 7) is 1.02. The van der Waals surface area contributed by atoms with Crippen LogP contribution in [0, 0.1) is 0 Å². The fourth-order valence-electron chi connectivity index (χ4n) is 2.32. The van der Waals surface area contributed by atoms with E-state index in [2.05, 4.69) is 10.0 Å². The quantitative estimate of drug-likeness (QED) is 0.502. The van der Waals surface area contributed by atoms with E-state index in [-0.39, 0.29) is 6.61 Å². The molecule has 2 rings (SSSR count). The number of halogens is 2. The summed E-state index contributed by atoms with van der Waals surface area (Å²) in [5.41, 5.74) is 1.38. The molecular formula is C18H22Cl2N2O4S. The van der Waals surface area contributed by atoms with Crippen LogP contribution in [0.2, 0.25) is 10.0 Å². The predicted molar refractivity (Wildman–Crippen MR) is 109 cm³/mol. The smallest absolute Gasteiger partial charge is 0.229 e. The van der Waals surface area contributed by atoms with Gasteiger partial charge in [0, 0.05) is 6.54 Å². The van der Waals surface area contributed by atoms with Crippen LogP contribution in [0.15, 0.2) is 42.5 Å². The fourth-order valence-corrected chi connectivity index (χ4v) is 3.21. The van der Waals surface area contributed by atoms with Crippen LogP contribution in [0.1, 0.15) is 5.56 Å². The second kappa shape index (κ2) is 10.1. The summed E-state index contributed by atoms with van der Waals surface area (Å²) in [6.07, 6.45) is 1.06. The van der Waals surface area contributed by atoms with Crippen molar-refractivity contribution in [3.63, 3.8) is 0 Å². The number of sulfonamides is 1. The van der Waals surface area contributed by atoms with Gasteiger partial charge in [-0.05, 0) is 42.8 Å². The number of nitrogens with one attached hydrogen (secondary N) is 2. The van der Waals surface area contributed by atoms with Crippen LogP contribution in [-0.2, 0) is 16.4 Å². The van der Waals surface area contributed by atoms with E-state index in [1.165, 1.54) is 0 Å². The molecule has 27 heavy (non-hydrogen) atoms. The summed E-state index contributed by atoms with van der Waals surface area (Å²) >= 11 is 11.9. The third kappa shape index (κ3) is 7.94. The number of anilines is 1. The minimum atomic E-state index is -3.41. The van der Waals surface area contributed by atoms with Crippen LogP contribution < -0.4 is 14.8 Å². The van der Waals surface area contributed by atoms with Crippen LogP contribution in [0.3, 0.4) is 0 Å². The number of ether oxygens (including phenoxy) is 1. The number of hydrogen-bond acceptors (Lipinski definition) is 5. The highest BCUT2D eigenvalue weighted by Crippen LogP contribution is 2.25. The molecule has 2 aromatic rings. The average Bonchev–Trinajstić information content (AvgIpc) is 2.59. The van der Waals surface area contributed by atoms with Crippen LogP contribution in [-0.4, -0.2) is 45.6 Å². The summed E-state index contributed by atoms with van der Waals surface area (Å²) in [5.74, 6) is 0.359. The van der Waals surface area contributed by atoms with Crippen molar-refractivity contribution >= 4 is 38.9 Å². The lowest BCUT2D eigenvalue weighted by atomic mass is 10.1. The summed E-state index contributed by atoms with van der Waals surface area (Å²) in [6, 6.07) is 12.1. The first-order valence-electron chi connectivity index (χ1n) is 8.27. The molecule has 0 bridgehead atoms. The maximum Gasteiger partial charge on any atom is 0.229 e. The molecule has 0 aliphatic rings.